The molecule has 0 spiro atoms. The van der Waals surface area contributed by atoms with Gasteiger partial charge in [-0.3, -0.25) is 9.59 Å². The van der Waals surface area contributed by atoms with Gasteiger partial charge in [0.05, 0.1) is 24.2 Å². The van der Waals surface area contributed by atoms with E-state index < -0.39 is 11.8 Å². The molecule has 0 aromatic heterocycles. The molecule has 3 N–H and O–H groups in total. The molecule has 2 amide bonds. The van der Waals surface area contributed by atoms with Gasteiger partial charge in [0.1, 0.15) is 5.75 Å². The van der Waals surface area contributed by atoms with E-state index in [1.54, 1.807) is 6.07 Å². The quantitative estimate of drug-likeness (QED) is 0.783. The van der Waals surface area contributed by atoms with Gasteiger partial charge in [0.15, 0.2) is 0 Å². The minimum absolute atomic E-state index is 0.231. The Morgan fingerprint density at radius 1 is 1.53 bits per heavy atom. The van der Waals surface area contributed by atoms with E-state index in [1.807, 2.05) is 22.6 Å². The van der Waals surface area contributed by atoms with Crippen LogP contribution in [0.3, 0.4) is 0 Å². The van der Waals surface area contributed by atoms with Gasteiger partial charge >= 0.3 is 0 Å². The maximum atomic E-state index is 11.7. The first-order chi connectivity index (χ1) is 7.95. The highest BCUT2D eigenvalue weighted by Crippen LogP contribution is 2.28. The highest BCUT2D eigenvalue weighted by Gasteiger charge is 2.15. The number of halogens is 2. The third kappa shape index (κ3) is 3.74. The molecular weight excluding hydrogens is 358 g/mol. The molecule has 0 aliphatic carbocycles. The van der Waals surface area contributed by atoms with Gasteiger partial charge in [-0.2, -0.15) is 0 Å². The number of ether oxygens (including phenoxy) is 1. The van der Waals surface area contributed by atoms with Crippen LogP contribution in [-0.4, -0.2) is 25.5 Å². The van der Waals surface area contributed by atoms with Gasteiger partial charge in [0.25, 0.3) is 5.91 Å². The molecule has 0 atom stereocenters. The van der Waals surface area contributed by atoms with Crippen LogP contribution in [0.2, 0.25) is 5.02 Å². The van der Waals surface area contributed by atoms with Crippen LogP contribution in [0.15, 0.2) is 12.1 Å². The molecular formula is C10H10ClIN2O3. The fourth-order valence-electron chi connectivity index (χ4n) is 1.14. The average molecular weight is 369 g/mol. The number of hydrogen-bond acceptors (Lipinski definition) is 3. The van der Waals surface area contributed by atoms with Crippen LogP contribution in [0.1, 0.15) is 10.4 Å². The monoisotopic (exact) mass is 368 g/mol. The summed E-state index contributed by atoms with van der Waals surface area (Å²) < 4.78 is 5.84. The van der Waals surface area contributed by atoms with Crippen LogP contribution < -0.4 is 15.8 Å². The van der Waals surface area contributed by atoms with Crippen molar-refractivity contribution >= 4 is 46.0 Å². The fourth-order valence-corrected chi connectivity index (χ4v) is 1.74. The Morgan fingerprint density at radius 2 is 2.18 bits per heavy atom. The van der Waals surface area contributed by atoms with Gasteiger partial charge < -0.3 is 15.8 Å². The van der Waals surface area contributed by atoms with E-state index in [0.717, 1.165) is 3.57 Å². The normalized spacial score (nSPS) is 9.82. The molecule has 0 unspecified atom stereocenters. The second-order valence-corrected chi connectivity index (χ2v) is 4.68. The summed E-state index contributed by atoms with van der Waals surface area (Å²) in [6.45, 7) is -0.231. The molecule has 0 saturated carbocycles. The van der Waals surface area contributed by atoms with Gasteiger partial charge in [-0.05, 0) is 34.7 Å². The van der Waals surface area contributed by atoms with Crippen LogP contribution in [0, 0.1) is 3.57 Å². The number of primary amides is 1. The van der Waals surface area contributed by atoms with Crippen LogP contribution in [0.25, 0.3) is 0 Å². The van der Waals surface area contributed by atoms with Crippen molar-refractivity contribution in [1.29, 1.82) is 0 Å². The maximum Gasteiger partial charge on any atom is 0.255 e. The summed E-state index contributed by atoms with van der Waals surface area (Å²) in [6, 6.07) is 3.13. The Morgan fingerprint density at radius 3 is 2.71 bits per heavy atom. The number of methoxy groups -OCH3 is 1. The number of amides is 2. The van der Waals surface area contributed by atoms with E-state index in [-0.39, 0.29) is 12.1 Å². The Kier molecular flexibility index (Phi) is 5.01. The summed E-state index contributed by atoms with van der Waals surface area (Å²) in [7, 11) is 1.45. The molecule has 17 heavy (non-hydrogen) atoms. The number of rotatable bonds is 4. The van der Waals surface area contributed by atoms with Crippen molar-refractivity contribution in [2.24, 2.45) is 5.73 Å². The van der Waals surface area contributed by atoms with Crippen LogP contribution in [-0.2, 0) is 4.79 Å². The molecule has 0 heterocycles. The summed E-state index contributed by atoms with van der Waals surface area (Å²) in [5.74, 6) is -0.686. The largest absolute Gasteiger partial charge is 0.496 e. The lowest BCUT2D eigenvalue weighted by Gasteiger charge is -2.10. The molecule has 0 bridgehead atoms. The second-order valence-electron chi connectivity index (χ2n) is 3.12. The van der Waals surface area contributed by atoms with Gasteiger partial charge in [-0.1, -0.05) is 11.6 Å². The summed E-state index contributed by atoms with van der Waals surface area (Å²) in [5, 5.41) is 2.81. The Labute approximate surface area is 117 Å². The van der Waals surface area contributed by atoms with E-state index >= 15 is 0 Å². The third-order valence-corrected chi connectivity index (χ3v) is 3.43. The molecule has 0 saturated heterocycles. The Hall–Kier alpha value is -1.02. The number of carbonyl (C=O) groups excluding carboxylic acids is 2. The molecule has 92 valence electrons. The van der Waals surface area contributed by atoms with Crippen LogP contribution in [0.5, 0.6) is 5.75 Å². The minimum Gasteiger partial charge on any atom is -0.496 e. The van der Waals surface area contributed by atoms with Crippen molar-refractivity contribution < 1.29 is 14.3 Å². The zero-order valence-electron chi connectivity index (χ0n) is 8.92. The first-order valence-electron chi connectivity index (χ1n) is 4.55. The third-order valence-electron chi connectivity index (χ3n) is 1.91. The second kappa shape index (κ2) is 6.06. The average Bonchev–Trinajstić information content (AvgIpc) is 2.28. The highest BCUT2D eigenvalue weighted by atomic mass is 127. The predicted molar refractivity (Wildman–Crippen MR) is 72.2 cm³/mol. The number of nitrogens with one attached hydrogen (secondary N) is 1. The molecule has 1 aromatic carbocycles. The number of hydrogen-bond donors (Lipinski definition) is 2. The zero-order valence-corrected chi connectivity index (χ0v) is 11.8. The van der Waals surface area contributed by atoms with Gasteiger partial charge in [-0.15, -0.1) is 0 Å². The molecule has 1 rings (SSSR count). The number of nitrogens with two attached hydrogens (primary N) is 1. The fraction of sp³-hybridized carbons (Fsp3) is 0.200. The SMILES string of the molecule is COc1cc(I)c(Cl)cc1C(=O)NCC(N)=O. The molecule has 7 heteroatoms. The maximum absolute atomic E-state index is 11.7. The number of carbonyl (C=O) groups is 2. The lowest BCUT2D eigenvalue weighted by molar-refractivity contribution is -0.117. The van der Waals surface area contributed by atoms with Crippen molar-refractivity contribution in [3.8, 4) is 5.75 Å². The Bertz CT molecular complexity index is 465. The molecule has 0 radical (unpaired) electrons. The first-order valence-corrected chi connectivity index (χ1v) is 6.01. The minimum atomic E-state index is -0.617. The van der Waals surface area contributed by atoms with Crippen molar-refractivity contribution in [3.05, 3.63) is 26.3 Å². The summed E-state index contributed by atoms with van der Waals surface area (Å²) >= 11 is 7.94. The van der Waals surface area contributed by atoms with Gasteiger partial charge in [0.2, 0.25) is 5.91 Å². The van der Waals surface area contributed by atoms with E-state index in [2.05, 4.69) is 5.32 Å². The van der Waals surface area contributed by atoms with Crippen LogP contribution >= 0.6 is 34.2 Å². The molecule has 1 aromatic rings. The van der Waals surface area contributed by atoms with Crippen molar-refractivity contribution in [3.63, 3.8) is 0 Å². The highest BCUT2D eigenvalue weighted by molar-refractivity contribution is 14.1. The van der Waals surface area contributed by atoms with Gasteiger partial charge in [-0.25, -0.2) is 0 Å². The zero-order chi connectivity index (χ0) is 13.0. The topological polar surface area (TPSA) is 81.4 Å². The molecule has 0 fully saturated rings. The summed E-state index contributed by atoms with van der Waals surface area (Å²) in [4.78, 5) is 22.3. The first kappa shape index (κ1) is 14.0. The summed E-state index contributed by atoms with van der Waals surface area (Å²) in [5.41, 5.74) is 5.19. The summed E-state index contributed by atoms with van der Waals surface area (Å²) in [6.07, 6.45) is 0. The van der Waals surface area contributed by atoms with Gasteiger partial charge in [0, 0.05) is 3.57 Å². The molecule has 0 aliphatic rings. The van der Waals surface area contributed by atoms with Crippen molar-refractivity contribution in [1.82, 2.24) is 5.32 Å². The van der Waals surface area contributed by atoms with E-state index in [1.165, 1.54) is 13.2 Å². The molecule has 0 aliphatic heterocycles. The predicted octanol–water partition coefficient (Wildman–Crippen LogP) is 1.17. The Balaban J connectivity index is 2.99. The molecule has 5 nitrogen and oxygen atoms in total. The van der Waals surface area contributed by atoms with Crippen molar-refractivity contribution in [2.45, 2.75) is 0 Å². The van der Waals surface area contributed by atoms with E-state index in [9.17, 15) is 9.59 Å². The van der Waals surface area contributed by atoms with E-state index in [4.69, 9.17) is 22.1 Å². The lowest BCUT2D eigenvalue weighted by Crippen LogP contribution is -2.33. The number of benzene rings is 1. The van der Waals surface area contributed by atoms with Crippen molar-refractivity contribution in [2.75, 3.05) is 13.7 Å². The smallest absolute Gasteiger partial charge is 0.255 e. The van der Waals surface area contributed by atoms with Crippen LogP contribution in [0.4, 0.5) is 0 Å². The standard InChI is InChI=1S/C10H10ClIN2O3/c1-17-8-3-7(12)6(11)2-5(8)10(16)14-4-9(13)15/h2-3H,4H2,1H3,(H2,13,15)(H,14,16). The van der Waals surface area contributed by atoms with E-state index in [0.29, 0.717) is 10.8 Å². The lowest BCUT2D eigenvalue weighted by atomic mass is 10.2.